The Balaban J connectivity index is 0. The molecule has 0 nitrogen and oxygen atoms in total. The SMILES string of the molecule is Brc1cc[c-]s1.CCCCCCC.[Zn+][Br]. The molecule has 0 aliphatic carbocycles. The molecule has 0 amide bonds. The molecule has 0 aliphatic heterocycles. The van der Waals surface area contributed by atoms with Crippen LogP contribution in [0.4, 0.5) is 0 Å². The predicted molar refractivity (Wildman–Crippen MR) is 74.2 cm³/mol. The second-order valence-electron chi connectivity index (χ2n) is 2.92. The summed E-state index contributed by atoms with van der Waals surface area (Å²) in [6, 6.07) is 3.85. The first-order valence-electron chi connectivity index (χ1n) is 5.19. The molecule has 0 spiro atoms. The van der Waals surface area contributed by atoms with E-state index in [4.69, 9.17) is 0 Å². The van der Waals surface area contributed by atoms with Crippen molar-refractivity contribution in [2.45, 2.75) is 46.0 Å². The van der Waals surface area contributed by atoms with Gasteiger partial charge in [-0.25, -0.2) is 0 Å². The fourth-order valence-corrected chi connectivity index (χ4v) is 1.70. The molecule has 0 unspecified atom stereocenters. The summed E-state index contributed by atoms with van der Waals surface area (Å²) in [5, 5.41) is 2.92. The van der Waals surface area contributed by atoms with Gasteiger partial charge in [0.2, 0.25) is 0 Å². The van der Waals surface area contributed by atoms with Crippen molar-refractivity contribution >= 4 is 40.9 Å². The summed E-state index contributed by atoms with van der Waals surface area (Å²) >= 11 is 9.09. The fourth-order valence-electron chi connectivity index (χ4n) is 0.901. The third-order valence-corrected chi connectivity index (χ3v) is 2.98. The zero-order chi connectivity index (χ0) is 11.9. The summed E-state index contributed by atoms with van der Waals surface area (Å²) in [6.45, 7) is 4.49. The van der Waals surface area contributed by atoms with E-state index in [1.165, 1.54) is 48.4 Å². The molecule has 84 valence electrons. The van der Waals surface area contributed by atoms with Crippen LogP contribution < -0.4 is 0 Å². The molecule has 4 heteroatoms. The van der Waals surface area contributed by atoms with E-state index in [9.17, 15) is 0 Å². The first-order chi connectivity index (χ1) is 7.31. The molecule has 0 saturated carbocycles. The molecular formula is C11H18Br2SZn. The van der Waals surface area contributed by atoms with Gasteiger partial charge in [0.1, 0.15) is 0 Å². The van der Waals surface area contributed by atoms with E-state index in [1.54, 1.807) is 11.3 Å². The van der Waals surface area contributed by atoms with Crippen LogP contribution in [-0.4, -0.2) is 0 Å². The first-order valence-corrected chi connectivity index (χ1v) is 13.7. The Kier molecular flexibility index (Phi) is 22.0. The van der Waals surface area contributed by atoms with Crippen LogP contribution in [0.3, 0.4) is 0 Å². The van der Waals surface area contributed by atoms with Crippen LogP contribution in [0.2, 0.25) is 0 Å². The van der Waals surface area contributed by atoms with Gasteiger partial charge in [0, 0.05) is 0 Å². The van der Waals surface area contributed by atoms with Crippen LogP contribution in [-0.2, 0) is 16.3 Å². The van der Waals surface area contributed by atoms with E-state index < -0.39 is 0 Å². The Morgan fingerprint density at radius 3 is 1.93 bits per heavy atom. The van der Waals surface area contributed by atoms with Crippen molar-refractivity contribution in [3.05, 3.63) is 21.3 Å². The second-order valence-corrected chi connectivity index (χ2v) is 5.18. The number of halogens is 2. The Hall–Kier alpha value is 1.28. The minimum atomic E-state index is 1.14. The van der Waals surface area contributed by atoms with Crippen LogP contribution in [0.25, 0.3) is 0 Å². The molecule has 1 aromatic rings. The van der Waals surface area contributed by atoms with Crippen molar-refractivity contribution in [1.29, 1.82) is 0 Å². The van der Waals surface area contributed by atoms with Gasteiger partial charge in [-0.3, -0.25) is 11.3 Å². The molecular weight excluding hydrogens is 389 g/mol. The second kappa shape index (κ2) is 17.7. The molecule has 0 aromatic carbocycles. The quantitative estimate of drug-likeness (QED) is 0.320. The Bertz CT molecular complexity index is 175. The number of thiophene rings is 1. The summed E-state index contributed by atoms with van der Waals surface area (Å²) < 4.78 is 1.14. The van der Waals surface area contributed by atoms with Gasteiger partial charge in [0.05, 0.1) is 0 Å². The van der Waals surface area contributed by atoms with Crippen molar-refractivity contribution in [2.24, 2.45) is 0 Å². The summed E-state index contributed by atoms with van der Waals surface area (Å²) in [4.78, 5) is 0. The Morgan fingerprint density at radius 2 is 1.73 bits per heavy atom. The Labute approximate surface area is 123 Å². The average Bonchev–Trinajstić information content (AvgIpc) is 2.74. The van der Waals surface area contributed by atoms with E-state index in [-0.39, 0.29) is 0 Å². The molecule has 0 atom stereocenters. The van der Waals surface area contributed by atoms with E-state index in [1.807, 2.05) is 12.1 Å². The minimum absolute atomic E-state index is 1.14. The monoisotopic (exact) mass is 404 g/mol. The predicted octanol–water partition coefficient (Wildman–Crippen LogP) is 6.13. The van der Waals surface area contributed by atoms with E-state index in [0.717, 1.165) is 3.79 Å². The topological polar surface area (TPSA) is 0 Å². The summed E-state index contributed by atoms with van der Waals surface area (Å²) in [7, 11) is 0. The van der Waals surface area contributed by atoms with E-state index in [0.29, 0.717) is 0 Å². The van der Waals surface area contributed by atoms with Crippen LogP contribution in [0.15, 0.2) is 15.9 Å². The molecule has 0 radical (unpaired) electrons. The van der Waals surface area contributed by atoms with Gasteiger partial charge in [-0.05, 0) is 0 Å². The third-order valence-electron chi connectivity index (χ3n) is 1.65. The normalized spacial score (nSPS) is 8.40. The zero-order valence-corrected chi connectivity index (χ0v) is 16.5. The fraction of sp³-hybridized carbons (Fsp3) is 0.636. The van der Waals surface area contributed by atoms with Crippen LogP contribution >= 0.6 is 40.9 Å². The van der Waals surface area contributed by atoms with Gasteiger partial charge < -0.3 is 0 Å². The van der Waals surface area contributed by atoms with Crippen LogP contribution in [0.5, 0.6) is 0 Å². The average molecular weight is 408 g/mol. The number of hydrogen-bond acceptors (Lipinski definition) is 1. The van der Waals surface area contributed by atoms with Gasteiger partial charge in [-0.15, -0.1) is 21.3 Å². The third kappa shape index (κ3) is 17.9. The molecule has 1 aromatic heterocycles. The summed E-state index contributed by atoms with van der Waals surface area (Å²) in [5.74, 6) is 0. The molecule has 0 fully saturated rings. The van der Waals surface area contributed by atoms with Gasteiger partial charge >= 0.3 is 30.0 Å². The first kappa shape index (κ1) is 18.6. The number of rotatable bonds is 4. The molecule has 0 saturated heterocycles. The van der Waals surface area contributed by atoms with Crippen molar-refractivity contribution in [1.82, 2.24) is 0 Å². The summed E-state index contributed by atoms with van der Waals surface area (Å²) in [5.41, 5.74) is 0. The Morgan fingerprint density at radius 1 is 1.20 bits per heavy atom. The molecule has 0 N–H and O–H groups in total. The number of unbranched alkanes of at least 4 members (excludes halogenated alkanes) is 4. The van der Waals surface area contributed by atoms with Crippen LogP contribution in [0.1, 0.15) is 46.0 Å². The van der Waals surface area contributed by atoms with Crippen molar-refractivity contribution in [2.75, 3.05) is 0 Å². The molecule has 0 bridgehead atoms. The van der Waals surface area contributed by atoms with Crippen LogP contribution in [0, 0.1) is 5.38 Å². The maximum absolute atomic E-state index is 3.27. The number of hydrogen-bond donors (Lipinski definition) is 0. The van der Waals surface area contributed by atoms with Gasteiger partial charge in [0.15, 0.2) is 0 Å². The molecule has 15 heavy (non-hydrogen) atoms. The van der Waals surface area contributed by atoms with Gasteiger partial charge in [0.25, 0.3) is 0 Å². The van der Waals surface area contributed by atoms with E-state index in [2.05, 4.69) is 48.8 Å². The zero-order valence-electron chi connectivity index (χ0n) is 9.56. The summed E-state index contributed by atoms with van der Waals surface area (Å²) in [6.07, 6.45) is 7.01. The molecule has 0 aliphatic rings. The standard InChI is InChI=1S/C7H16.C4H2BrS.BrH.Zn/c1-3-5-7-6-4-2;5-4-2-1-3-6-4;;/h3-7H2,1-2H3;1-2H;1H;/q;-1;;+2/p-1. The van der Waals surface area contributed by atoms with Gasteiger partial charge in [-0.2, -0.15) is 12.1 Å². The van der Waals surface area contributed by atoms with Crippen molar-refractivity contribution in [3.8, 4) is 0 Å². The van der Waals surface area contributed by atoms with Gasteiger partial charge in [-0.1, -0.05) is 49.7 Å². The van der Waals surface area contributed by atoms with Crippen molar-refractivity contribution in [3.63, 3.8) is 0 Å². The maximum atomic E-state index is 3.27. The molecule has 1 heterocycles. The van der Waals surface area contributed by atoms with E-state index >= 15 is 0 Å². The molecule has 1 rings (SSSR count). The van der Waals surface area contributed by atoms with Crippen molar-refractivity contribution < 1.29 is 16.3 Å².